The van der Waals surface area contributed by atoms with Gasteiger partial charge in [-0.3, -0.25) is 0 Å². The fraction of sp³-hybridized carbons (Fsp3) is 0.684. The third-order valence-electron chi connectivity index (χ3n) is 5.64. The van der Waals surface area contributed by atoms with Crippen molar-refractivity contribution in [2.45, 2.75) is 71.1 Å². The van der Waals surface area contributed by atoms with Gasteiger partial charge >= 0.3 is 7.12 Å². The summed E-state index contributed by atoms with van der Waals surface area (Å²) >= 11 is 0. The highest BCUT2D eigenvalue weighted by molar-refractivity contribution is 6.58. The van der Waals surface area contributed by atoms with E-state index in [0.717, 1.165) is 11.5 Å². The van der Waals surface area contributed by atoms with Crippen molar-refractivity contribution in [2.75, 3.05) is 0 Å². The van der Waals surface area contributed by atoms with Crippen molar-refractivity contribution in [2.24, 2.45) is 11.8 Å². The molecule has 4 heteroatoms. The first kappa shape index (κ1) is 18.5. The van der Waals surface area contributed by atoms with Crippen molar-refractivity contribution in [3.63, 3.8) is 0 Å². The van der Waals surface area contributed by atoms with Crippen molar-refractivity contribution in [1.82, 2.24) is 0 Å². The molecule has 2 N–H and O–H groups in total. The number of hydrogen-bond acceptors (Lipinski definition) is 2. The molecule has 1 saturated carbocycles. The number of hydrogen-bond donors (Lipinski definition) is 2. The Bertz CT molecular complexity index is 484. The summed E-state index contributed by atoms with van der Waals surface area (Å²) in [5.41, 5.74) is 0.932. The molecule has 1 aromatic rings. The maximum atomic E-state index is 13.9. The van der Waals surface area contributed by atoms with E-state index in [-0.39, 0.29) is 5.46 Å². The van der Waals surface area contributed by atoms with E-state index < -0.39 is 12.9 Å². The van der Waals surface area contributed by atoms with E-state index >= 15 is 0 Å². The molecule has 0 heterocycles. The Balaban J connectivity index is 1.89. The lowest BCUT2D eigenvalue weighted by atomic mass is 9.72. The Kier molecular flexibility index (Phi) is 7.10. The highest BCUT2D eigenvalue weighted by Gasteiger charge is 2.27. The van der Waals surface area contributed by atoms with Gasteiger partial charge in [0.1, 0.15) is 5.82 Å². The fourth-order valence-corrected chi connectivity index (χ4v) is 3.97. The minimum Gasteiger partial charge on any atom is -0.423 e. The molecule has 128 valence electrons. The molecule has 0 amide bonds. The molecule has 1 aromatic carbocycles. The Labute approximate surface area is 140 Å². The summed E-state index contributed by atoms with van der Waals surface area (Å²) < 4.78 is 13.9. The second-order valence-electron chi connectivity index (χ2n) is 7.22. The van der Waals surface area contributed by atoms with Crippen LogP contribution in [0.15, 0.2) is 18.2 Å². The van der Waals surface area contributed by atoms with E-state index in [0.29, 0.717) is 11.8 Å². The number of halogens is 1. The van der Waals surface area contributed by atoms with E-state index in [4.69, 9.17) is 10.0 Å². The first-order chi connectivity index (χ1) is 11.0. The summed E-state index contributed by atoms with van der Waals surface area (Å²) in [6.07, 6.45) is 10.4. The third kappa shape index (κ3) is 5.05. The summed E-state index contributed by atoms with van der Waals surface area (Å²) in [7, 11) is -1.74. The maximum absolute atomic E-state index is 13.9. The van der Waals surface area contributed by atoms with Crippen LogP contribution in [-0.2, 0) is 0 Å². The lowest BCUT2D eigenvalue weighted by Gasteiger charge is -2.32. The number of unbranched alkanes of at least 4 members (excludes halogenated alkanes) is 2. The normalized spacial score (nSPS) is 22.8. The minimum absolute atomic E-state index is 0.0411. The van der Waals surface area contributed by atoms with E-state index in [1.807, 2.05) is 6.07 Å². The molecule has 0 bridgehead atoms. The zero-order valence-corrected chi connectivity index (χ0v) is 14.5. The largest absolute Gasteiger partial charge is 0.491 e. The Hall–Kier alpha value is -0.865. The van der Waals surface area contributed by atoms with Gasteiger partial charge in [-0.1, -0.05) is 64.5 Å². The lowest BCUT2D eigenvalue weighted by molar-refractivity contribution is 0.236. The predicted octanol–water partition coefficient (Wildman–Crippen LogP) is 4.00. The van der Waals surface area contributed by atoms with Gasteiger partial charge in [0.2, 0.25) is 0 Å². The van der Waals surface area contributed by atoms with Gasteiger partial charge in [0.05, 0.1) is 0 Å². The smallest absolute Gasteiger partial charge is 0.423 e. The van der Waals surface area contributed by atoms with Gasteiger partial charge in [0.25, 0.3) is 0 Å². The fourth-order valence-electron chi connectivity index (χ4n) is 3.97. The lowest BCUT2D eigenvalue weighted by Crippen LogP contribution is -2.33. The molecule has 0 spiro atoms. The van der Waals surface area contributed by atoms with Gasteiger partial charge in [0.15, 0.2) is 0 Å². The standard InChI is InChI=1S/C19H30BFO2/c1-3-4-5-6-15-7-9-16(10-8-15)14(2)17-11-12-18(20(22)23)19(21)13-17/h11-16,22-23H,3-10H2,1-2H3. The Morgan fingerprint density at radius 3 is 2.43 bits per heavy atom. The summed E-state index contributed by atoms with van der Waals surface area (Å²) in [5.74, 6) is 1.30. The van der Waals surface area contributed by atoms with Crippen LogP contribution in [0.25, 0.3) is 0 Å². The molecule has 1 atom stereocenters. The van der Waals surface area contributed by atoms with Crippen LogP contribution in [0.4, 0.5) is 4.39 Å². The van der Waals surface area contributed by atoms with Gasteiger partial charge in [-0.15, -0.1) is 0 Å². The zero-order valence-electron chi connectivity index (χ0n) is 14.5. The van der Waals surface area contributed by atoms with E-state index in [2.05, 4.69) is 13.8 Å². The van der Waals surface area contributed by atoms with Crippen LogP contribution in [0.5, 0.6) is 0 Å². The molecule has 1 aliphatic rings. The Morgan fingerprint density at radius 1 is 1.17 bits per heavy atom. The molecule has 1 aliphatic carbocycles. The van der Waals surface area contributed by atoms with Crippen molar-refractivity contribution in [1.29, 1.82) is 0 Å². The van der Waals surface area contributed by atoms with Crippen LogP contribution in [-0.4, -0.2) is 17.2 Å². The van der Waals surface area contributed by atoms with Crippen LogP contribution in [0.2, 0.25) is 0 Å². The van der Waals surface area contributed by atoms with Crippen molar-refractivity contribution in [3.8, 4) is 0 Å². The highest BCUT2D eigenvalue weighted by atomic mass is 19.1. The molecular weight excluding hydrogens is 290 g/mol. The van der Waals surface area contributed by atoms with Crippen molar-refractivity contribution in [3.05, 3.63) is 29.6 Å². The highest BCUT2D eigenvalue weighted by Crippen LogP contribution is 2.39. The maximum Gasteiger partial charge on any atom is 0.491 e. The van der Waals surface area contributed by atoms with Crippen molar-refractivity contribution >= 4 is 12.6 Å². The first-order valence-corrected chi connectivity index (χ1v) is 9.18. The minimum atomic E-state index is -1.74. The molecule has 1 fully saturated rings. The zero-order chi connectivity index (χ0) is 16.8. The van der Waals surface area contributed by atoms with Gasteiger partial charge in [-0.05, 0) is 42.2 Å². The molecule has 0 aliphatic heterocycles. The molecule has 23 heavy (non-hydrogen) atoms. The average molecular weight is 320 g/mol. The second-order valence-corrected chi connectivity index (χ2v) is 7.22. The van der Waals surface area contributed by atoms with Crippen molar-refractivity contribution < 1.29 is 14.4 Å². The van der Waals surface area contributed by atoms with Crippen LogP contribution >= 0.6 is 0 Å². The molecule has 2 nitrogen and oxygen atoms in total. The summed E-state index contributed by atoms with van der Waals surface area (Å²) in [6.45, 7) is 4.42. The van der Waals surface area contributed by atoms with Crippen LogP contribution < -0.4 is 5.46 Å². The summed E-state index contributed by atoms with van der Waals surface area (Å²) in [5, 5.41) is 18.2. The monoisotopic (exact) mass is 320 g/mol. The van der Waals surface area contributed by atoms with Gasteiger partial charge in [-0.2, -0.15) is 0 Å². The number of benzene rings is 1. The average Bonchev–Trinajstić information content (AvgIpc) is 2.54. The van der Waals surface area contributed by atoms with E-state index in [9.17, 15) is 4.39 Å². The molecular formula is C19H30BFO2. The predicted molar refractivity (Wildman–Crippen MR) is 94.2 cm³/mol. The topological polar surface area (TPSA) is 40.5 Å². The van der Waals surface area contributed by atoms with Gasteiger partial charge in [-0.25, -0.2) is 4.39 Å². The van der Waals surface area contributed by atoms with Crippen LogP contribution in [0, 0.1) is 17.7 Å². The number of rotatable bonds is 7. The third-order valence-corrected chi connectivity index (χ3v) is 5.64. The van der Waals surface area contributed by atoms with Gasteiger partial charge < -0.3 is 10.0 Å². The molecule has 0 radical (unpaired) electrons. The SMILES string of the molecule is CCCCCC1CCC(C(C)c2ccc(B(O)O)c(F)c2)CC1. The first-order valence-electron chi connectivity index (χ1n) is 9.18. The van der Waals surface area contributed by atoms with Crippen LogP contribution in [0.3, 0.4) is 0 Å². The quantitative estimate of drug-likeness (QED) is 0.589. The van der Waals surface area contributed by atoms with Crippen LogP contribution in [0.1, 0.15) is 76.7 Å². The van der Waals surface area contributed by atoms with E-state index in [1.165, 1.54) is 63.5 Å². The second kappa shape index (κ2) is 8.84. The molecule has 2 rings (SSSR count). The summed E-state index contributed by atoms with van der Waals surface area (Å²) in [4.78, 5) is 0. The summed E-state index contributed by atoms with van der Waals surface area (Å²) in [6, 6.07) is 4.82. The van der Waals surface area contributed by atoms with E-state index in [1.54, 1.807) is 0 Å². The molecule has 1 unspecified atom stereocenters. The molecule has 0 aromatic heterocycles. The van der Waals surface area contributed by atoms with Gasteiger partial charge in [0, 0.05) is 5.46 Å². The molecule has 0 saturated heterocycles. The Morgan fingerprint density at radius 2 is 1.87 bits per heavy atom.